The van der Waals surface area contributed by atoms with Crippen LogP contribution in [0.5, 0.6) is 17.2 Å². The standard InChI is InChI=1S/C17H19NO3/c1-12(14-4-6-15(19-2)7-5-14)18-10-13-3-8-16-17(9-13)21-11-20-16/h3-9,12,18H,10-11H2,1-2H3/t12-/m1/s1. The van der Waals surface area contributed by atoms with Gasteiger partial charge in [0.15, 0.2) is 11.5 Å². The molecule has 0 bridgehead atoms. The van der Waals surface area contributed by atoms with E-state index in [0.29, 0.717) is 6.79 Å². The predicted molar refractivity (Wildman–Crippen MR) is 80.8 cm³/mol. The Morgan fingerprint density at radius 3 is 2.62 bits per heavy atom. The number of benzene rings is 2. The third-order valence-electron chi connectivity index (χ3n) is 3.67. The number of nitrogens with one attached hydrogen (secondary N) is 1. The summed E-state index contributed by atoms with van der Waals surface area (Å²) in [5.74, 6) is 2.52. The summed E-state index contributed by atoms with van der Waals surface area (Å²) < 4.78 is 15.9. The molecule has 1 heterocycles. The van der Waals surface area contributed by atoms with E-state index in [1.807, 2.05) is 24.3 Å². The fourth-order valence-corrected chi connectivity index (χ4v) is 2.33. The van der Waals surface area contributed by atoms with Crippen LogP contribution in [0.1, 0.15) is 24.1 Å². The molecule has 0 radical (unpaired) electrons. The maximum Gasteiger partial charge on any atom is 0.231 e. The van der Waals surface area contributed by atoms with Gasteiger partial charge < -0.3 is 19.5 Å². The summed E-state index contributed by atoms with van der Waals surface area (Å²) in [6.07, 6.45) is 0. The van der Waals surface area contributed by atoms with Gasteiger partial charge >= 0.3 is 0 Å². The lowest BCUT2D eigenvalue weighted by molar-refractivity contribution is 0.174. The van der Waals surface area contributed by atoms with Gasteiger partial charge in [0, 0.05) is 12.6 Å². The zero-order valence-corrected chi connectivity index (χ0v) is 12.3. The van der Waals surface area contributed by atoms with Gasteiger partial charge in [-0.1, -0.05) is 18.2 Å². The molecule has 0 aromatic heterocycles. The minimum absolute atomic E-state index is 0.265. The number of hydrogen-bond donors (Lipinski definition) is 1. The Hall–Kier alpha value is -2.20. The number of ether oxygens (including phenoxy) is 3. The third-order valence-corrected chi connectivity index (χ3v) is 3.67. The van der Waals surface area contributed by atoms with Crippen LogP contribution in [0, 0.1) is 0 Å². The summed E-state index contributed by atoms with van der Waals surface area (Å²) in [6, 6.07) is 14.4. The molecule has 2 aromatic carbocycles. The summed E-state index contributed by atoms with van der Waals surface area (Å²) >= 11 is 0. The summed E-state index contributed by atoms with van der Waals surface area (Å²) in [6.45, 7) is 3.24. The van der Waals surface area contributed by atoms with Crippen molar-refractivity contribution in [1.29, 1.82) is 0 Å². The lowest BCUT2D eigenvalue weighted by Crippen LogP contribution is -2.17. The van der Waals surface area contributed by atoms with Crippen molar-refractivity contribution in [1.82, 2.24) is 5.32 Å². The van der Waals surface area contributed by atoms with Crippen molar-refractivity contribution in [2.75, 3.05) is 13.9 Å². The molecule has 1 atom stereocenters. The molecule has 0 fully saturated rings. The highest BCUT2D eigenvalue weighted by atomic mass is 16.7. The Labute approximate surface area is 124 Å². The predicted octanol–water partition coefficient (Wildman–Crippen LogP) is 3.27. The van der Waals surface area contributed by atoms with Crippen molar-refractivity contribution >= 4 is 0 Å². The molecule has 0 aliphatic carbocycles. The molecule has 0 saturated carbocycles. The average Bonchev–Trinajstić information content (AvgIpc) is 3.00. The maximum absolute atomic E-state index is 5.39. The molecule has 21 heavy (non-hydrogen) atoms. The zero-order chi connectivity index (χ0) is 14.7. The summed E-state index contributed by atoms with van der Waals surface area (Å²) in [5.41, 5.74) is 2.41. The second kappa shape index (κ2) is 6.06. The molecule has 0 saturated heterocycles. The summed E-state index contributed by atoms with van der Waals surface area (Å²) in [7, 11) is 1.68. The molecule has 4 nitrogen and oxygen atoms in total. The first-order valence-electron chi connectivity index (χ1n) is 7.02. The molecule has 1 aliphatic heterocycles. The lowest BCUT2D eigenvalue weighted by Gasteiger charge is -2.15. The monoisotopic (exact) mass is 285 g/mol. The van der Waals surface area contributed by atoms with Crippen LogP contribution in [-0.2, 0) is 6.54 Å². The second-order valence-corrected chi connectivity index (χ2v) is 5.06. The van der Waals surface area contributed by atoms with E-state index >= 15 is 0 Å². The molecular formula is C17H19NO3. The van der Waals surface area contributed by atoms with Crippen LogP contribution in [0.3, 0.4) is 0 Å². The van der Waals surface area contributed by atoms with Gasteiger partial charge in [0.05, 0.1) is 7.11 Å². The van der Waals surface area contributed by atoms with Crippen LogP contribution >= 0.6 is 0 Å². The van der Waals surface area contributed by atoms with Crippen molar-refractivity contribution < 1.29 is 14.2 Å². The van der Waals surface area contributed by atoms with Gasteiger partial charge in [0.2, 0.25) is 6.79 Å². The minimum Gasteiger partial charge on any atom is -0.497 e. The van der Waals surface area contributed by atoms with E-state index in [-0.39, 0.29) is 6.04 Å². The van der Waals surface area contributed by atoms with Gasteiger partial charge in [-0.2, -0.15) is 0 Å². The molecule has 1 aliphatic rings. The normalized spacial score (nSPS) is 14.0. The van der Waals surface area contributed by atoms with Crippen molar-refractivity contribution in [2.24, 2.45) is 0 Å². The summed E-state index contributed by atoms with van der Waals surface area (Å²) in [4.78, 5) is 0. The molecule has 1 N–H and O–H groups in total. The van der Waals surface area contributed by atoms with Crippen LogP contribution in [0.15, 0.2) is 42.5 Å². The molecule has 0 unspecified atom stereocenters. The Balaban J connectivity index is 1.61. The van der Waals surface area contributed by atoms with Gasteiger partial charge in [-0.25, -0.2) is 0 Å². The second-order valence-electron chi connectivity index (χ2n) is 5.06. The van der Waals surface area contributed by atoms with Crippen LogP contribution in [-0.4, -0.2) is 13.9 Å². The molecule has 3 rings (SSSR count). The van der Waals surface area contributed by atoms with Crippen molar-refractivity contribution in [2.45, 2.75) is 19.5 Å². The topological polar surface area (TPSA) is 39.7 Å². The molecule has 0 spiro atoms. The molecule has 0 amide bonds. The number of hydrogen-bond acceptors (Lipinski definition) is 4. The quantitative estimate of drug-likeness (QED) is 0.915. The van der Waals surface area contributed by atoms with Gasteiger partial charge in [-0.05, 0) is 42.3 Å². The van der Waals surface area contributed by atoms with E-state index in [9.17, 15) is 0 Å². The highest BCUT2D eigenvalue weighted by molar-refractivity contribution is 5.44. The van der Waals surface area contributed by atoms with E-state index in [1.54, 1.807) is 7.11 Å². The molecule has 4 heteroatoms. The third kappa shape index (κ3) is 3.11. The number of methoxy groups -OCH3 is 1. The molecular weight excluding hydrogens is 266 g/mol. The van der Waals surface area contributed by atoms with E-state index in [1.165, 1.54) is 11.1 Å². The van der Waals surface area contributed by atoms with Crippen LogP contribution in [0.4, 0.5) is 0 Å². The van der Waals surface area contributed by atoms with Crippen LogP contribution < -0.4 is 19.5 Å². The SMILES string of the molecule is COc1ccc([C@@H](C)NCc2ccc3c(c2)OCO3)cc1. The van der Waals surface area contributed by atoms with Gasteiger partial charge in [-0.3, -0.25) is 0 Å². The number of fused-ring (bicyclic) bond motifs is 1. The average molecular weight is 285 g/mol. The highest BCUT2D eigenvalue weighted by Gasteiger charge is 2.13. The largest absolute Gasteiger partial charge is 0.497 e. The summed E-state index contributed by atoms with van der Waals surface area (Å²) in [5, 5.41) is 3.51. The van der Waals surface area contributed by atoms with Crippen molar-refractivity contribution in [3.8, 4) is 17.2 Å². The number of rotatable bonds is 5. The van der Waals surface area contributed by atoms with Crippen molar-refractivity contribution in [3.05, 3.63) is 53.6 Å². The highest BCUT2D eigenvalue weighted by Crippen LogP contribution is 2.32. The fraction of sp³-hybridized carbons (Fsp3) is 0.294. The smallest absolute Gasteiger partial charge is 0.231 e. The first-order valence-corrected chi connectivity index (χ1v) is 7.02. The Kier molecular flexibility index (Phi) is 3.97. The van der Waals surface area contributed by atoms with E-state index in [2.05, 4.69) is 30.4 Å². The first kappa shape index (κ1) is 13.8. The minimum atomic E-state index is 0.265. The lowest BCUT2D eigenvalue weighted by atomic mass is 10.1. The Morgan fingerprint density at radius 1 is 1.10 bits per heavy atom. The van der Waals surface area contributed by atoms with Gasteiger partial charge in [-0.15, -0.1) is 0 Å². The van der Waals surface area contributed by atoms with E-state index in [0.717, 1.165) is 23.8 Å². The Bertz CT molecular complexity index is 610. The fourth-order valence-electron chi connectivity index (χ4n) is 2.33. The zero-order valence-electron chi connectivity index (χ0n) is 12.3. The van der Waals surface area contributed by atoms with E-state index < -0.39 is 0 Å². The van der Waals surface area contributed by atoms with E-state index in [4.69, 9.17) is 14.2 Å². The Morgan fingerprint density at radius 2 is 1.86 bits per heavy atom. The first-order chi connectivity index (χ1) is 10.3. The maximum atomic E-state index is 5.39. The van der Waals surface area contributed by atoms with Gasteiger partial charge in [0.1, 0.15) is 5.75 Å². The van der Waals surface area contributed by atoms with Crippen molar-refractivity contribution in [3.63, 3.8) is 0 Å². The van der Waals surface area contributed by atoms with Gasteiger partial charge in [0.25, 0.3) is 0 Å². The molecule has 2 aromatic rings. The molecule has 110 valence electrons. The van der Waals surface area contributed by atoms with Crippen LogP contribution in [0.25, 0.3) is 0 Å². The van der Waals surface area contributed by atoms with Crippen LogP contribution in [0.2, 0.25) is 0 Å².